The number of hydrogen-bond donors (Lipinski definition) is 5. The van der Waals surface area contributed by atoms with Crippen molar-refractivity contribution >= 4 is 40.7 Å². The van der Waals surface area contributed by atoms with Crippen LogP contribution in [0, 0.1) is 11.7 Å². The molecule has 15 heteroatoms. The predicted molar refractivity (Wildman–Crippen MR) is 156 cm³/mol. The molecule has 1 aromatic rings. The molecule has 2 amide bonds. The van der Waals surface area contributed by atoms with Crippen LogP contribution in [-0.2, 0) is 23.7 Å². The molecule has 1 heterocycles. The SMILES string of the molecule is CSSC(COc1cccc(C(=O)NCCN)c1)OCCOCC(=O)NCC#C[B][C@H]1C[C@@H](OCN)C(CO)O1. The predicted octanol–water partition coefficient (Wildman–Crippen LogP) is -0.686. The molecule has 7 N–H and O–H groups in total. The molecular weight excluding hydrogens is 559 g/mol. The number of carbonyl (C=O) groups is 2. The molecule has 1 aliphatic heterocycles. The van der Waals surface area contributed by atoms with Crippen molar-refractivity contribution < 1.29 is 38.4 Å². The van der Waals surface area contributed by atoms with E-state index in [0.29, 0.717) is 30.8 Å². The maximum atomic E-state index is 12.1. The van der Waals surface area contributed by atoms with E-state index in [2.05, 4.69) is 22.4 Å². The van der Waals surface area contributed by atoms with Gasteiger partial charge in [0.15, 0.2) is 0 Å². The molecule has 1 radical (unpaired) electrons. The van der Waals surface area contributed by atoms with Gasteiger partial charge in [-0.15, -0.1) is 0 Å². The largest absolute Gasteiger partial charge is 0.490 e. The van der Waals surface area contributed by atoms with E-state index in [1.54, 1.807) is 42.3 Å². The van der Waals surface area contributed by atoms with E-state index in [0.717, 1.165) is 0 Å². The first-order chi connectivity index (χ1) is 19.5. The third-order valence-electron chi connectivity index (χ3n) is 5.34. The van der Waals surface area contributed by atoms with E-state index in [1.807, 2.05) is 6.26 Å². The first-order valence-corrected chi connectivity index (χ1v) is 15.4. The number of amides is 2. The lowest BCUT2D eigenvalue weighted by Crippen LogP contribution is -2.29. The van der Waals surface area contributed by atoms with Gasteiger partial charge in [-0.05, 0) is 30.9 Å². The van der Waals surface area contributed by atoms with Gasteiger partial charge in [-0.1, -0.05) is 33.6 Å². The first kappa shape index (κ1) is 34.2. The minimum Gasteiger partial charge on any atom is -0.490 e. The second-order valence-electron chi connectivity index (χ2n) is 8.27. The van der Waals surface area contributed by atoms with Crippen LogP contribution in [0.15, 0.2) is 24.3 Å². The number of nitrogens with one attached hydrogen (secondary N) is 2. The Morgan fingerprint density at radius 2 is 2.15 bits per heavy atom. The molecule has 0 aliphatic carbocycles. The Kier molecular flexibility index (Phi) is 17.8. The van der Waals surface area contributed by atoms with Crippen molar-refractivity contribution in [2.24, 2.45) is 11.5 Å². The van der Waals surface area contributed by atoms with E-state index in [1.165, 1.54) is 10.8 Å². The number of hydrogen-bond acceptors (Lipinski definition) is 12. The van der Waals surface area contributed by atoms with Gasteiger partial charge in [-0.25, -0.2) is 0 Å². The Hall–Kier alpha value is -2.00. The fourth-order valence-corrected chi connectivity index (χ4v) is 4.97. The maximum Gasteiger partial charge on any atom is 0.251 e. The summed E-state index contributed by atoms with van der Waals surface area (Å²) in [6.07, 6.45) is 1.81. The Morgan fingerprint density at radius 3 is 2.90 bits per heavy atom. The Morgan fingerprint density at radius 1 is 1.30 bits per heavy atom. The molecule has 1 aromatic carbocycles. The van der Waals surface area contributed by atoms with Crippen LogP contribution in [-0.4, -0.2) is 114 Å². The van der Waals surface area contributed by atoms with Crippen molar-refractivity contribution in [2.75, 3.05) is 65.7 Å². The Balaban J connectivity index is 1.59. The van der Waals surface area contributed by atoms with Gasteiger partial charge in [0.05, 0.1) is 39.2 Å². The van der Waals surface area contributed by atoms with Crippen LogP contribution < -0.4 is 26.8 Å². The number of carbonyl (C=O) groups excluding carboxylic acids is 2. The van der Waals surface area contributed by atoms with E-state index in [4.69, 9.17) is 35.2 Å². The molecule has 12 nitrogen and oxygen atoms in total. The smallest absolute Gasteiger partial charge is 0.251 e. The number of ether oxygens (including phenoxy) is 5. The zero-order chi connectivity index (χ0) is 29.0. The van der Waals surface area contributed by atoms with Crippen LogP contribution in [0.3, 0.4) is 0 Å². The standard InChI is InChI=1S/C25H38BN4O8S2/c1-39-40-24(16-36-19-5-2-4-18(12-19)25(33)30-9-7-27)35-11-10-34-15-23(32)29-8-3-6-26-22-13-20(37-17-28)21(14-31)38-22/h2,4-5,12,20-22,24,31H,7-11,13-17,27-28H2,1H3,(H,29,32)(H,30,33)/t20-,21?,22-,24?/m1/s1. The quantitative estimate of drug-likeness (QED) is 0.0447. The highest BCUT2D eigenvalue weighted by atomic mass is 33.1. The lowest BCUT2D eigenvalue weighted by molar-refractivity contribution is -0.126. The van der Waals surface area contributed by atoms with Crippen molar-refractivity contribution in [1.82, 2.24) is 10.6 Å². The molecule has 221 valence electrons. The van der Waals surface area contributed by atoms with Gasteiger partial charge in [-0.3, -0.25) is 9.59 Å². The molecule has 0 saturated carbocycles. The van der Waals surface area contributed by atoms with Gasteiger partial charge >= 0.3 is 0 Å². The number of benzene rings is 1. The molecule has 0 aromatic heterocycles. The van der Waals surface area contributed by atoms with Gasteiger partial charge < -0.3 is 50.9 Å². The Bertz CT molecular complexity index is 955. The molecule has 40 heavy (non-hydrogen) atoms. The molecule has 1 aliphatic rings. The topological polar surface area (TPSA) is 177 Å². The molecule has 1 saturated heterocycles. The van der Waals surface area contributed by atoms with Crippen molar-refractivity contribution in [3.63, 3.8) is 0 Å². The van der Waals surface area contributed by atoms with Gasteiger partial charge in [0.25, 0.3) is 13.2 Å². The summed E-state index contributed by atoms with van der Waals surface area (Å²) in [6.45, 7) is 1.48. The summed E-state index contributed by atoms with van der Waals surface area (Å²) in [5.41, 5.74) is 11.0. The molecule has 1 fully saturated rings. The molecule has 2 unspecified atom stereocenters. The highest BCUT2D eigenvalue weighted by molar-refractivity contribution is 8.76. The second kappa shape index (κ2) is 20.8. The van der Waals surface area contributed by atoms with Crippen LogP contribution in [0.1, 0.15) is 16.8 Å². The normalized spacial score (nSPS) is 18.9. The summed E-state index contributed by atoms with van der Waals surface area (Å²) in [4.78, 5) is 24.1. The van der Waals surface area contributed by atoms with Crippen molar-refractivity contribution in [3.05, 3.63) is 29.8 Å². The van der Waals surface area contributed by atoms with E-state index >= 15 is 0 Å². The third kappa shape index (κ3) is 13.6. The monoisotopic (exact) mass is 597 g/mol. The fourth-order valence-electron chi connectivity index (χ4n) is 3.51. The summed E-state index contributed by atoms with van der Waals surface area (Å²) in [5, 5.41) is 14.7. The minimum atomic E-state index is -0.423. The van der Waals surface area contributed by atoms with Crippen LogP contribution in [0.2, 0.25) is 0 Å². The van der Waals surface area contributed by atoms with Crippen LogP contribution >= 0.6 is 21.6 Å². The Labute approximate surface area is 243 Å². The molecule has 4 atom stereocenters. The maximum absolute atomic E-state index is 12.1. The number of aliphatic hydroxyl groups excluding tert-OH is 1. The van der Waals surface area contributed by atoms with E-state index in [-0.39, 0.29) is 75.7 Å². The molecule has 2 rings (SSSR count). The lowest BCUT2D eigenvalue weighted by atomic mass is 9.71. The molecule has 0 bridgehead atoms. The average Bonchev–Trinajstić information content (AvgIpc) is 3.36. The summed E-state index contributed by atoms with van der Waals surface area (Å²) in [5.74, 6) is 5.72. The van der Waals surface area contributed by atoms with Crippen LogP contribution in [0.4, 0.5) is 0 Å². The van der Waals surface area contributed by atoms with E-state index < -0.39 is 6.10 Å². The number of nitrogens with two attached hydrogens (primary N) is 2. The van der Waals surface area contributed by atoms with Crippen molar-refractivity contribution in [2.45, 2.75) is 30.1 Å². The van der Waals surface area contributed by atoms with E-state index in [9.17, 15) is 14.7 Å². The number of rotatable bonds is 19. The van der Waals surface area contributed by atoms with Crippen molar-refractivity contribution in [1.29, 1.82) is 0 Å². The zero-order valence-corrected chi connectivity index (χ0v) is 24.2. The van der Waals surface area contributed by atoms with Gasteiger partial charge in [0, 0.05) is 24.7 Å². The summed E-state index contributed by atoms with van der Waals surface area (Å²) in [7, 11) is 4.71. The lowest BCUT2D eigenvalue weighted by Gasteiger charge is -2.17. The summed E-state index contributed by atoms with van der Waals surface area (Å²) >= 11 is 0. The second-order valence-corrected chi connectivity index (χ2v) is 10.9. The molecular formula is C25H38BN4O8S2. The van der Waals surface area contributed by atoms with Crippen molar-refractivity contribution in [3.8, 4) is 17.5 Å². The highest BCUT2D eigenvalue weighted by Crippen LogP contribution is 2.26. The summed E-state index contributed by atoms with van der Waals surface area (Å²) in [6, 6.07) is 6.62. The van der Waals surface area contributed by atoms with Crippen LogP contribution in [0.5, 0.6) is 5.75 Å². The highest BCUT2D eigenvalue weighted by Gasteiger charge is 2.35. The van der Waals surface area contributed by atoms with Gasteiger partial charge in [0.1, 0.15) is 30.5 Å². The summed E-state index contributed by atoms with van der Waals surface area (Å²) < 4.78 is 28.0. The third-order valence-corrected chi connectivity index (χ3v) is 7.25. The van der Waals surface area contributed by atoms with Gasteiger partial charge in [-0.2, -0.15) is 5.82 Å². The minimum absolute atomic E-state index is 0.0583. The number of aliphatic hydroxyl groups is 1. The van der Waals surface area contributed by atoms with Gasteiger partial charge in [0.2, 0.25) is 5.91 Å². The average molecular weight is 598 g/mol. The first-order valence-electron chi connectivity index (χ1n) is 12.8. The van der Waals surface area contributed by atoms with Crippen LogP contribution in [0.25, 0.3) is 0 Å². The molecule has 0 spiro atoms. The fraction of sp³-hybridized carbons (Fsp3) is 0.600. The zero-order valence-electron chi connectivity index (χ0n) is 22.5.